The van der Waals surface area contributed by atoms with Gasteiger partial charge < -0.3 is 19.5 Å². The zero-order valence-electron chi connectivity index (χ0n) is 13.9. The minimum absolute atomic E-state index is 0.0815. The first-order valence-corrected chi connectivity index (χ1v) is 7.86. The predicted octanol–water partition coefficient (Wildman–Crippen LogP) is 2.05. The molecule has 0 aliphatic heterocycles. The molecule has 1 aromatic carbocycles. The van der Waals surface area contributed by atoms with Crippen LogP contribution in [0.2, 0.25) is 0 Å². The molecule has 24 heavy (non-hydrogen) atoms. The Bertz CT molecular complexity index is 513. The Balaban J connectivity index is 2.38. The summed E-state index contributed by atoms with van der Waals surface area (Å²) >= 11 is 0. The molecule has 0 aliphatic carbocycles. The van der Waals surface area contributed by atoms with Crippen LogP contribution in [-0.4, -0.2) is 37.8 Å². The van der Waals surface area contributed by atoms with Crippen LogP contribution in [0.4, 0.5) is 4.79 Å². The quantitative estimate of drug-likeness (QED) is 0.421. The molecule has 0 atom stereocenters. The largest absolute Gasteiger partial charge is 0.465 e. The Labute approximate surface area is 141 Å². The van der Waals surface area contributed by atoms with E-state index in [-0.39, 0.29) is 32.8 Å². The molecule has 1 N–H and O–H groups in total. The van der Waals surface area contributed by atoms with Crippen molar-refractivity contribution in [3.05, 3.63) is 35.9 Å². The predicted molar refractivity (Wildman–Crippen MR) is 86.0 cm³/mol. The first-order valence-electron chi connectivity index (χ1n) is 7.86. The maximum atomic E-state index is 11.8. The van der Waals surface area contributed by atoms with Gasteiger partial charge in [-0.2, -0.15) is 0 Å². The zero-order valence-corrected chi connectivity index (χ0v) is 13.9. The van der Waals surface area contributed by atoms with Gasteiger partial charge in [-0.1, -0.05) is 30.3 Å². The van der Waals surface area contributed by atoms with Crippen LogP contribution in [0.15, 0.2) is 30.3 Å². The zero-order chi connectivity index (χ0) is 17.8. The van der Waals surface area contributed by atoms with E-state index in [1.165, 1.54) is 0 Å². The van der Waals surface area contributed by atoms with Crippen LogP contribution in [0.5, 0.6) is 0 Å². The SMILES string of the molecule is CCOC(=O)C(CCNC(=O)OCc1ccccc1)C(=O)OCC. The highest BCUT2D eigenvalue weighted by atomic mass is 16.6. The average Bonchev–Trinajstić information content (AvgIpc) is 2.58. The Morgan fingerprint density at radius 2 is 1.54 bits per heavy atom. The molecule has 0 heterocycles. The number of hydrogen-bond donors (Lipinski definition) is 1. The normalized spacial score (nSPS) is 10.1. The van der Waals surface area contributed by atoms with Crippen LogP contribution in [0, 0.1) is 5.92 Å². The molecule has 0 aliphatic rings. The van der Waals surface area contributed by atoms with E-state index < -0.39 is 23.9 Å². The van der Waals surface area contributed by atoms with E-state index in [9.17, 15) is 14.4 Å². The molecule has 0 saturated carbocycles. The van der Waals surface area contributed by atoms with E-state index in [2.05, 4.69) is 5.32 Å². The molecule has 132 valence electrons. The Kier molecular flexibility index (Phi) is 8.96. The molecular formula is C17H23NO6. The van der Waals surface area contributed by atoms with Crippen molar-refractivity contribution in [2.75, 3.05) is 19.8 Å². The second-order valence-corrected chi connectivity index (χ2v) is 4.83. The van der Waals surface area contributed by atoms with Crippen LogP contribution in [0.1, 0.15) is 25.8 Å². The van der Waals surface area contributed by atoms with E-state index in [0.29, 0.717) is 0 Å². The Morgan fingerprint density at radius 3 is 2.08 bits per heavy atom. The van der Waals surface area contributed by atoms with Gasteiger partial charge in [0.25, 0.3) is 0 Å². The average molecular weight is 337 g/mol. The molecule has 1 rings (SSSR count). The van der Waals surface area contributed by atoms with Gasteiger partial charge in [0.15, 0.2) is 5.92 Å². The number of rotatable bonds is 9. The van der Waals surface area contributed by atoms with Gasteiger partial charge in [0, 0.05) is 6.54 Å². The minimum Gasteiger partial charge on any atom is -0.465 e. The topological polar surface area (TPSA) is 90.9 Å². The first-order chi connectivity index (χ1) is 11.6. The van der Waals surface area contributed by atoms with E-state index in [4.69, 9.17) is 14.2 Å². The fourth-order valence-electron chi connectivity index (χ4n) is 1.91. The second-order valence-electron chi connectivity index (χ2n) is 4.83. The lowest BCUT2D eigenvalue weighted by Crippen LogP contribution is -2.33. The third-order valence-electron chi connectivity index (χ3n) is 3.06. The van der Waals surface area contributed by atoms with Crippen LogP contribution in [0.3, 0.4) is 0 Å². The molecule has 0 fully saturated rings. The Morgan fingerprint density at radius 1 is 0.958 bits per heavy atom. The number of carbonyl (C=O) groups excluding carboxylic acids is 3. The smallest absolute Gasteiger partial charge is 0.407 e. The number of esters is 2. The van der Waals surface area contributed by atoms with Crippen molar-refractivity contribution in [3.63, 3.8) is 0 Å². The fraction of sp³-hybridized carbons (Fsp3) is 0.471. The molecule has 0 bridgehead atoms. The third kappa shape index (κ3) is 7.13. The summed E-state index contributed by atoms with van der Waals surface area (Å²) in [5, 5.41) is 2.50. The number of amides is 1. The lowest BCUT2D eigenvalue weighted by Gasteiger charge is -2.14. The second kappa shape index (κ2) is 11.0. The maximum Gasteiger partial charge on any atom is 0.407 e. The monoisotopic (exact) mass is 337 g/mol. The summed E-state index contributed by atoms with van der Waals surface area (Å²) in [5.41, 5.74) is 0.864. The molecule has 0 unspecified atom stereocenters. The lowest BCUT2D eigenvalue weighted by molar-refractivity contribution is -0.161. The van der Waals surface area contributed by atoms with Crippen molar-refractivity contribution in [1.29, 1.82) is 0 Å². The van der Waals surface area contributed by atoms with E-state index in [1.54, 1.807) is 13.8 Å². The molecule has 0 aromatic heterocycles. The summed E-state index contributed by atoms with van der Waals surface area (Å²) in [6, 6.07) is 9.24. The highest BCUT2D eigenvalue weighted by Crippen LogP contribution is 2.08. The van der Waals surface area contributed by atoms with Crippen LogP contribution in [0.25, 0.3) is 0 Å². The summed E-state index contributed by atoms with van der Waals surface area (Å²) < 4.78 is 14.7. The highest BCUT2D eigenvalue weighted by Gasteiger charge is 2.29. The lowest BCUT2D eigenvalue weighted by atomic mass is 10.1. The van der Waals surface area contributed by atoms with Crippen LogP contribution < -0.4 is 5.32 Å². The van der Waals surface area contributed by atoms with Gasteiger partial charge in [-0.05, 0) is 25.8 Å². The van der Waals surface area contributed by atoms with Crippen LogP contribution >= 0.6 is 0 Å². The van der Waals surface area contributed by atoms with Gasteiger partial charge in [0.05, 0.1) is 13.2 Å². The number of carbonyl (C=O) groups is 3. The van der Waals surface area contributed by atoms with Crippen LogP contribution in [-0.2, 0) is 30.4 Å². The number of ether oxygens (including phenoxy) is 3. The van der Waals surface area contributed by atoms with E-state index in [0.717, 1.165) is 5.56 Å². The summed E-state index contributed by atoms with van der Waals surface area (Å²) in [6.45, 7) is 3.88. The van der Waals surface area contributed by atoms with Gasteiger partial charge in [0.1, 0.15) is 6.61 Å². The standard InChI is InChI=1S/C17H23NO6/c1-3-22-15(19)14(16(20)23-4-2)10-11-18-17(21)24-12-13-8-6-5-7-9-13/h5-9,14H,3-4,10-12H2,1-2H3,(H,18,21). The highest BCUT2D eigenvalue weighted by molar-refractivity contribution is 5.94. The van der Waals surface area contributed by atoms with Gasteiger partial charge in [-0.15, -0.1) is 0 Å². The first kappa shape index (κ1) is 19.5. The summed E-state index contributed by atoms with van der Waals surface area (Å²) in [6.07, 6.45) is -0.539. The van der Waals surface area contributed by atoms with Crippen molar-refractivity contribution >= 4 is 18.0 Å². The van der Waals surface area contributed by atoms with Crippen molar-refractivity contribution in [3.8, 4) is 0 Å². The van der Waals surface area contributed by atoms with Gasteiger partial charge >= 0.3 is 18.0 Å². The molecule has 1 amide bonds. The fourth-order valence-corrected chi connectivity index (χ4v) is 1.91. The van der Waals surface area contributed by atoms with Gasteiger partial charge in [-0.25, -0.2) is 4.79 Å². The Hall–Kier alpha value is -2.57. The number of alkyl carbamates (subject to hydrolysis) is 1. The molecule has 7 heteroatoms. The number of hydrogen-bond acceptors (Lipinski definition) is 6. The maximum absolute atomic E-state index is 11.8. The number of nitrogens with one attached hydrogen (secondary N) is 1. The molecule has 7 nitrogen and oxygen atoms in total. The van der Waals surface area contributed by atoms with Gasteiger partial charge in [-0.3, -0.25) is 9.59 Å². The molecular weight excluding hydrogens is 314 g/mol. The van der Waals surface area contributed by atoms with E-state index >= 15 is 0 Å². The summed E-state index contributed by atoms with van der Waals surface area (Å²) in [7, 11) is 0. The molecule has 0 radical (unpaired) electrons. The number of benzene rings is 1. The van der Waals surface area contributed by atoms with Crippen molar-refractivity contribution < 1.29 is 28.6 Å². The minimum atomic E-state index is -1.06. The van der Waals surface area contributed by atoms with Crippen molar-refractivity contribution in [2.24, 2.45) is 5.92 Å². The molecule has 1 aromatic rings. The summed E-state index contributed by atoms with van der Waals surface area (Å²) in [5.74, 6) is -2.37. The van der Waals surface area contributed by atoms with Crippen molar-refractivity contribution in [1.82, 2.24) is 5.32 Å². The molecule has 0 spiro atoms. The third-order valence-corrected chi connectivity index (χ3v) is 3.06. The van der Waals surface area contributed by atoms with Crippen molar-refractivity contribution in [2.45, 2.75) is 26.9 Å². The molecule has 0 saturated heterocycles. The van der Waals surface area contributed by atoms with Gasteiger partial charge in [0.2, 0.25) is 0 Å². The summed E-state index contributed by atoms with van der Waals surface area (Å²) in [4.78, 5) is 35.2. The van der Waals surface area contributed by atoms with E-state index in [1.807, 2.05) is 30.3 Å².